The van der Waals surface area contributed by atoms with Crippen LogP contribution in [-0.4, -0.2) is 32.2 Å². The van der Waals surface area contributed by atoms with Crippen LogP contribution in [0.25, 0.3) is 27.8 Å². The van der Waals surface area contributed by atoms with Crippen LogP contribution >= 0.6 is 0 Å². The number of rotatable bonds is 6. The van der Waals surface area contributed by atoms with Crippen LogP contribution in [0.15, 0.2) is 91.5 Å². The van der Waals surface area contributed by atoms with Crippen molar-refractivity contribution in [2.75, 3.05) is 6.54 Å². The number of fused-ring (bicyclic) bond motifs is 1. The Morgan fingerprint density at radius 3 is 2.68 bits per heavy atom. The SMILES string of the molecule is O=C(NCCc1c[nH]c2ccccc12)c1cn(-c2ccccc2)nc1-c1cccnc1. The first kappa shape index (κ1) is 18.8. The summed E-state index contributed by atoms with van der Waals surface area (Å²) in [4.78, 5) is 20.5. The Morgan fingerprint density at radius 2 is 1.84 bits per heavy atom. The van der Waals surface area contributed by atoms with Gasteiger partial charge >= 0.3 is 0 Å². The highest BCUT2D eigenvalue weighted by Crippen LogP contribution is 2.23. The van der Waals surface area contributed by atoms with E-state index in [1.807, 2.05) is 60.8 Å². The van der Waals surface area contributed by atoms with Crippen molar-refractivity contribution in [2.45, 2.75) is 6.42 Å². The lowest BCUT2D eigenvalue weighted by molar-refractivity contribution is 0.0955. The van der Waals surface area contributed by atoms with Crippen LogP contribution in [0, 0.1) is 0 Å². The van der Waals surface area contributed by atoms with E-state index in [4.69, 9.17) is 0 Å². The predicted octanol–water partition coefficient (Wildman–Crippen LogP) is 4.39. The summed E-state index contributed by atoms with van der Waals surface area (Å²) in [7, 11) is 0. The van der Waals surface area contributed by atoms with Gasteiger partial charge in [-0.25, -0.2) is 4.68 Å². The molecule has 0 radical (unpaired) electrons. The average molecular weight is 407 g/mol. The van der Waals surface area contributed by atoms with Crippen molar-refractivity contribution in [3.63, 3.8) is 0 Å². The zero-order valence-electron chi connectivity index (χ0n) is 16.8. The van der Waals surface area contributed by atoms with Crippen LogP contribution in [0.4, 0.5) is 0 Å². The number of hydrogen-bond donors (Lipinski definition) is 2. The lowest BCUT2D eigenvalue weighted by Crippen LogP contribution is -2.25. The number of pyridine rings is 1. The van der Waals surface area contributed by atoms with E-state index < -0.39 is 0 Å². The van der Waals surface area contributed by atoms with Gasteiger partial charge in [0, 0.05) is 47.8 Å². The maximum Gasteiger partial charge on any atom is 0.255 e. The molecule has 2 N–H and O–H groups in total. The fraction of sp³-hybridized carbons (Fsp3) is 0.0800. The third-order valence-corrected chi connectivity index (χ3v) is 5.27. The summed E-state index contributed by atoms with van der Waals surface area (Å²) in [6, 6.07) is 21.7. The second-order valence-corrected chi connectivity index (χ2v) is 7.28. The molecule has 5 aromatic rings. The molecule has 1 amide bonds. The number of carbonyl (C=O) groups is 1. The molecule has 0 fully saturated rings. The first-order valence-corrected chi connectivity index (χ1v) is 10.2. The zero-order valence-corrected chi connectivity index (χ0v) is 16.8. The summed E-state index contributed by atoms with van der Waals surface area (Å²) < 4.78 is 1.73. The Kier molecular flexibility index (Phi) is 5.02. The van der Waals surface area contributed by atoms with Crippen LogP contribution in [0.3, 0.4) is 0 Å². The van der Waals surface area contributed by atoms with Crippen LogP contribution < -0.4 is 5.32 Å². The number of benzene rings is 2. The lowest BCUT2D eigenvalue weighted by atomic mass is 10.1. The minimum absolute atomic E-state index is 0.152. The quantitative estimate of drug-likeness (QED) is 0.438. The first-order chi connectivity index (χ1) is 15.3. The van der Waals surface area contributed by atoms with E-state index in [0.29, 0.717) is 17.8 Å². The van der Waals surface area contributed by atoms with Crippen molar-refractivity contribution in [1.29, 1.82) is 0 Å². The Hall–Kier alpha value is -4.19. The number of H-pyrrole nitrogens is 1. The molecule has 0 saturated heterocycles. The van der Waals surface area contributed by atoms with E-state index in [-0.39, 0.29) is 5.91 Å². The number of carbonyl (C=O) groups excluding carboxylic acids is 1. The maximum atomic E-state index is 13.1. The Labute approximate surface area is 179 Å². The Morgan fingerprint density at radius 1 is 1.00 bits per heavy atom. The van der Waals surface area contributed by atoms with E-state index in [9.17, 15) is 4.79 Å². The van der Waals surface area contributed by atoms with Crippen LogP contribution in [0.1, 0.15) is 15.9 Å². The third kappa shape index (κ3) is 3.83. The highest BCUT2D eigenvalue weighted by molar-refractivity contribution is 5.99. The molecule has 0 atom stereocenters. The highest BCUT2D eigenvalue weighted by atomic mass is 16.1. The van der Waals surface area contributed by atoms with Gasteiger partial charge < -0.3 is 10.3 Å². The normalized spacial score (nSPS) is 11.0. The minimum Gasteiger partial charge on any atom is -0.361 e. The molecular formula is C25H21N5O. The predicted molar refractivity (Wildman–Crippen MR) is 121 cm³/mol. The monoisotopic (exact) mass is 407 g/mol. The fourth-order valence-corrected chi connectivity index (χ4v) is 3.71. The van der Waals surface area contributed by atoms with Gasteiger partial charge in [-0.2, -0.15) is 5.10 Å². The second-order valence-electron chi connectivity index (χ2n) is 7.28. The van der Waals surface area contributed by atoms with Gasteiger partial charge in [-0.05, 0) is 42.3 Å². The number of nitrogens with one attached hydrogen (secondary N) is 2. The summed E-state index contributed by atoms with van der Waals surface area (Å²) in [5.74, 6) is -0.152. The van der Waals surface area contributed by atoms with Crippen molar-refractivity contribution in [3.05, 3.63) is 103 Å². The molecule has 0 saturated carbocycles. The smallest absolute Gasteiger partial charge is 0.255 e. The van der Waals surface area contributed by atoms with Gasteiger partial charge in [-0.3, -0.25) is 9.78 Å². The molecule has 152 valence electrons. The van der Waals surface area contributed by atoms with E-state index in [2.05, 4.69) is 32.5 Å². The van der Waals surface area contributed by atoms with Crippen molar-refractivity contribution in [1.82, 2.24) is 25.1 Å². The molecule has 0 aliphatic carbocycles. The number of para-hydroxylation sites is 2. The van der Waals surface area contributed by atoms with E-state index >= 15 is 0 Å². The van der Waals surface area contributed by atoms with Gasteiger partial charge in [-0.15, -0.1) is 0 Å². The molecule has 0 unspecified atom stereocenters. The summed E-state index contributed by atoms with van der Waals surface area (Å²) >= 11 is 0. The molecule has 2 aromatic carbocycles. The summed E-state index contributed by atoms with van der Waals surface area (Å²) in [5, 5.41) is 8.92. The van der Waals surface area contributed by atoms with E-state index in [1.165, 1.54) is 10.9 Å². The fourth-order valence-electron chi connectivity index (χ4n) is 3.71. The zero-order chi connectivity index (χ0) is 21.0. The number of nitrogens with zero attached hydrogens (tertiary/aromatic N) is 3. The van der Waals surface area contributed by atoms with Crippen LogP contribution in [0.5, 0.6) is 0 Å². The molecular weight excluding hydrogens is 386 g/mol. The molecule has 0 aliphatic rings. The molecule has 0 aliphatic heterocycles. The average Bonchev–Trinajstić information content (AvgIpc) is 3.45. The molecule has 0 spiro atoms. The number of aromatic nitrogens is 4. The largest absolute Gasteiger partial charge is 0.361 e. The van der Waals surface area contributed by atoms with E-state index in [0.717, 1.165) is 23.2 Å². The van der Waals surface area contributed by atoms with Crippen LogP contribution in [0.2, 0.25) is 0 Å². The highest BCUT2D eigenvalue weighted by Gasteiger charge is 2.18. The van der Waals surface area contributed by atoms with Crippen LogP contribution in [-0.2, 0) is 6.42 Å². The van der Waals surface area contributed by atoms with Gasteiger partial charge in [0.2, 0.25) is 0 Å². The number of aromatic amines is 1. The summed E-state index contributed by atoms with van der Waals surface area (Å²) in [6.45, 7) is 0.531. The Bertz CT molecular complexity index is 1320. The van der Waals surface area contributed by atoms with Crippen molar-refractivity contribution in [3.8, 4) is 16.9 Å². The standard InChI is InChI=1S/C25H21N5O/c31-25(27-14-12-18-16-28-23-11-5-4-10-21(18)23)22-17-30(20-8-2-1-3-9-20)29-24(22)19-7-6-13-26-15-19/h1-11,13,15-17,28H,12,14H2,(H,27,31). The number of amides is 1. The molecule has 5 rings (SSSR count). The first-order valence-electron chi connectivity index (χ1n) is 10.2. The van der Waals surface area contributed by atoms with E-state index in [1.54, 1.807) is 23.3 Å². The van der Waals surface area contributed by atoms with Crippen molar-refractivity contribution < 1.29 is 4.79 Å². The minimum atomic E-state index is -0.152. The summed E-state index contributed by atoms with van der Waals surface area (Å²) in [6.07, 6.45) is 7.95. The number of hydrogen-bond acceptors (Lipinski definition) is 3. The van der Waals surface area contributed by atoms with Crippen molar-refractivity contribution in [2.24, 2.45) is 0 Å². The molecule has 0 bridgehead atoms. The molecule has 6 nitrogen and oxygen atoms in total. The third-order valence-electron chi connectivity index (χ3n) is 5.27. The van der Waals surface area contributed by atoms with Crippen molar-refractivity contribution >= 4 is 16.8 Å². The van der Waals surface area contributed by atoms with Gasteiger partial charge in [0.25, 0.3) is 5.91 Å². The Balaban J connectivity index is 1.39. The van der Waals surface area contributed by atoms with Gasteiger partial charge in [0.05, 0.1) is 11.3 Å². The van der Waals surface area contributed by atoms with Gasteiger partial charge in [0.15, 0.2) is 0 Å². The second kappa shape index (κ2) is 8.28. The maximum absolute atomic E-state index is 13.1. The molecule has 3 aromatic heterocycles. The molecule has 31 heavy (non-hydrogen) atoms. The molecule has 6 heteroatoms. The topological polar surface area (TPSA) is 75.6 Å². The lowest BCUT2D eigenvalue weighted by Gasteiger charge is -2.05. The van der Waals surface area contributed by atoms with Gasteiger partial charge in [0.1, 0.15) is 5.69 Å². The summed E-state index contributed by atoms with van der Waals surface area (Å²) in [5.41, 5.74) is 5.12. The van der Waals surface area contributed by atoms with Gasteiger partial charge in [-0.1, -0.05) is 36.4 Å². The molecule has 3 heterocycles.